The number of hydrogen-bond acceptors (Lipinski definition) is 4. The van der Waals surface area contributed by atoms with Gasteiger partial charge in [0.15, 0.2) is 0 Å². The topological polar surface area (TPSA) is 51.0 Å². The summed E-state index contributed by atoms with van der Waals surface area (Å²) in [5.74, 6) is 0.845. The molecule has 0 aliphatic carbocycles. The molecule has 0 fully saturated rings. The minimum absolute atomic E-state index is 0.280. The van der Waals surface area contributed by atoms with Gasteiger partial charge in [-0.3, -0.25) is 0 Å². The second-order valence-electron chi connectivity index (χ2n) is 3.85. The summed E-state index contributed by atoms with van der Waals surface area (Å²) in [6.45, 7) is 5.87. The average Bonchev–Trinajstić information content (AvgIpc) is 2.40. The molecule has 18 heavy (non-hydrogen) atoms. The van der Waals surface area contributed by atoms with Crippen molar-refractivity contribution < 1.29 is 14.7 Å². The van der Waals surface area contributed by atoms with E-state index in [0.29, 0.717) is 0 Å². The van der Waals surface area contributed by atoms with Crippen molar-refractivity contribution in [3.63, 3.8) is 0 Å². The molecular formula is C14H21NO3. The Morgan fingerprint density at radius 3 is 2.83 bits per heavy atom. The van der Waals surface area contributed by atoms with Gasteiger partial charge in [0.25, 0.3) is 0 Å². The number of nitrogens with zero attached hydrogens (tertiary/aromatic N) is 1. The van der Waals surface area contributed by atoms with E-state index in [2.05, 4.69) is 18.1 Å². The van der Waals surface area contributed by atoms with Crippen LogP contribution in [0, 0.1) is 0 Å². The Kier molecular flexibility index (Phi) is 6.87. The minimum atomic E-state index is 0.280. The lowest BCUT2D eigenvalue weighted by atomic mass is 10.1. The van der Waals surface area contributed by atoms with E-state index in [0.717, 1.165) is 37.4 Å². The zero-order chi connectivity index (χ0) is 13.2. The van der Waals surface area contributed by atoms with E-state index in [9.17, 15) is 0 Å². The number of rotatable bonds is 8. The molecule has 0 saturated heterocycles. The summed E-state index contributed by atoms with van der Waals surface area (Å²) in [5, 5.41) is 11.2. The zero-order valence-electron chi connectivity index (χ0n) is 11.1. The maximum Gasteiger partial charge on any atom is 0.127 e. The fourth-order valence-electron chi connectivity index (χ4n) is 1.70. The van der Waals surface area contributed by atoms with Gasteiger partial charge in [-0.15, -0.1) is 0 Å². The van der Waals surface area contributed by atoms with Gasteiger partial charge in [0.05, 0.1) is 12.8 Å². The first-order chi connectivity index (χ1) is 8.81. The molecule has 0 spiro atoms. The molecule has 1 aromatic carbocycles. The van der Waals surface area contributed by atoms with Crippen molar-refractivity contribution in [1.82, 2.24) is 0 Å². The van der Waals surface area contributed by atoms with Crippen molar-refractivity contribution in [2.45, 2.75) is 26.7 Å². The summed E-state index contributed by atoms with van der Waals surface area (Å²) in [6, 6.07) is 6.15. The first kappa shape index (κ1) is 14.5. The van der Waals surface area contributed by atoms with Crippen LogP contribution in [0.1, 0.15) is 25.0 Å². The molecule has 0 bridgehead atoms. The van der Waals surface area contributed by atoms with Gasteiger partial charge < -0.3 is 14.7 Å². The Balaban J connectivity index is 2.64. The van der Waals surface area contributed by atoms with Crippen LogP contribution >= 0.6 is 0 Å². The van der Waals surface area contributed by atoms with Gasteiger partial charge in [0.2, 0.25) is 0 Å². The average molecular weight is 251 g/mol. The summed E-state index contributed by atoms with van der Waals surface area (Å²) >= 11 is 0. The molecular weight excluding hydrogens is 230 g/mol. The maximum absolute atomic E-state index is 8.31. The molecule has 100 valence electrons. The molecule has 0 aromatic heterocycles. The molecule has 0 radical (unpaired) electrons. The predicted octanol–water partition coefficient (Wildman–Crippen LogP) is 2.67. The van der Waals surface area contributed by atoms with Crippen LogP contribution in [0.5, 0.6) is 5.75 Å². The SMILES string of the molecule is CCOCCc1ccc(OCC=NO)c(CC)c1. The Morgan fingerprint density at radius 1 is 1.33 bits per heavy atom. The lowest BCUT2D eigenvalue weighted by Gasteiger charge is -2.10. The summed E-state index contributed by atoms with van der Waals surface area (Å²) in [6.07, 6.45) is 3.15. The Morgan fingerprint density at radius 2 is 2.17 bits per heavy atom. The molecule has 0 aliphatic rings. The highest BCUT2D eigenvalue weighted by molar-refractivity contribution is 5.58. The van der Waals surface area contributed by atoms with E-state index < -0.39 is 0 Å². The van der Waals surface area contributed by atoms with Gasteiger partial charge >= 0.3 is 0 Å². The number of ether oxygens (including phenoxy) is 2. The molecule has 0 unspecified atom stereocenters. The van der Waals surface area contributed by atoms with Gasteiger partial charge in [0.1, 0.15) is 12.4 Å². The van der Waals surface area contributed by atoms with Crippen molar-refractivity contribution in [2.75, 3.05) is 19.8 Å². The largest absolute Gasteiger partial charge is 0.488 e. The molecule has 0 saturated carbocycles. The molecule has 0 aliphatic heterocycles. The van der Waals surface area contributed by atoms with E-state index in [4.69, 9.17) is 14.7 Å². The highest BCUT2D eigenvalue weighted by Crippen LogP contribution is 2.21. The number of aryl methyl sites for hydroxylation is 1. The molecule has 1 aromatic rings. The first-order valence-corrected chi connectivity index (χ1v) is 6.30. The van der Waals surface area contributed by atoms with Crippen molar-refractivity contribution in [3.8, 4) is 5.75 Å². The normalized spacial score (nSPS) is 11.0. The summed E-state index contributed by atoms with van der Waals surface area (Å²) in [5.41, 5.74) is 2.42. The van der Waals surface area contributed by atoms with Crippen LogP contribution in [0.2, 0.25) is 0 Å². The van der Waals surface area contributed by atoms with Crippen LogP contribution in [-0.4, -0.2) is 31.2 Å². The molecule has 1 rings (SSSR count). The Hall–Kier alpha value is -1.55. The van der Waals surface area contributed by atoms with E-state index in [1.54, 1.807) is 0 Å². The second-order valence-corrected chi connectivity index (χ2v) is 3.85. The third-order valence-corrected chi connectivity index (χ3v) is 2.64. The van der Waals surface area contributed by atoms with E-state index in [-0.39, 0.29) is 6.61 Å². The predicted molar refractivity (Wildman–Crippen MR) is 71.8 cm³/mol. The van der Waals surface area contributed by atoms with Crippen molar-refractivity contribution in [1.29, 1.82) is 0 Å². The molecule has 4 heteroatoms. The van der Waals surface area contributed by atoms with Crippen LogP contribution in [0.4, 0.5) is 0 Å². The molecule has 0 amide bonds. The lowest BCUT2D eigenvalue weighted by molar-refractivity contribution is 0.151. The summed E-state index contributed by atoms with van der Waals surface area (Å²) in [4.78, 5) is 0. The Bertz CT molecular complexity index is 377. The van der Waals surface area contributed by atoms with Gasteiger partial charge in [-0.1, -0.05) is 24.2 Å². The minimum Gasteiger partial charge on any atom is -0.488 e. The van der Waals surface area contributed by atoms with Gasteiger partial charge in [-0.25, -0.2) is 0 Å². The van der Waals surface area contributed by atoms with Crippen molar-refractivity contribution in [2.24, 2.45) is 5.16 Å². The molecule has 1 N–H and O–H groups in total. The van der Waals surface area contributed by atoms with Crippen molar-refractivity contribution in [3.05, 3.63) is 29.3 Å². The van der Waals surface area contributed by atoms with E-state index in [1.807, 2.05) is 19.1 Å². The third-order valence-electron chi connectivity index (χ3n) is 2.64. The van der Waals surface area contributed by atoms with Crippen LogP contribution < -0.4 is 4.74 Å². The van der Waals surface area contributed by atoms with Gasteiger partial charge in [-0.05, 0) is 37.0 Å². The number of benzene rings is 1. The Labute approximate surface area is 108 Å². The third kappa shape index (κ3) is 4.75. The lowest BCUT2D eigenvalue weighted by Crippen LogP contribution is -2.03. The standard InChI is InChI=1S/C14H21NO3/c1-3-13-11-12(7-9-17-4-2)5-6-14(13)18-10-8-15-16/h5-6,8,11,16H,3-4,7,9-10H2,1-2H3. The summed E-state index contributed by atoms with van der Waals surface area (Å²) in [7, 11) is 0. The monoisotopic (exact) mass is 251 g/mol. The highest BCUT2D eigenvalue weighted by Gasteiger charge is 2.03. The van der Waals surface area contributed by atoms with Crippen LogP contribution in [-0.2, 0) is 17.6 Å². The van der Waals surface area contributed by atoms with Crippen LogP contribution in [0.25, 0.3) is 0 Å². The first-order valence-electron chi connectivity index (χ1n) is 6.30. The van der Waals surface area contributed by atoms with E-state index >= 15 is 0 Å². The van der Waals surface area contributed by atoms with Crippen molar-refractivity contribution >= 4 is 6.21 Å². The quantitative estimate of drug-likeness (QED) is 0.334. The van der Waals surface area contributed by atoms with Crippen LogP contribution in [0.15, 0.2) is 23.4 Å². The smallest absolute Gasteiger partial charge is 0.127 e. The number of oxime groups is 1. The highest BCUT2D eigenvalue weighted by atomic mass is 16.5. The maximum atomic E-state index is 8.31. The summed E-state index contributed by atoms with van der Waals surface area (Å²) < 4.78 is 10.9. The van der Waals surface area contributed by atoms with Crippen LogP contribution in [0.3, 0.4) is 0 Å². The fraction of sp³-hybridized carbons (Fsp3) is 0.500. The molecule has 0 atom stereocenters. The fourth-order valence-corrected chi connectivity index (χ4v) is 1.70. The zero-order valence-corrected chi connectivity index (χ0v) is 11.1. The molecule has 0 heterocycles. The number of hydrogen-bond donors (Lipinski definition) is 1. The van der Waals surface area contributed by atoms with Gasteiger partial charge in [-0.2, -0.15) is 0 Å². The molecule has 4 nitrogen and oxygen atoms in total. The second kappa shape index (κ2) is 8.53. The van der Waals surface area contributed by atoms with Gasteiger partial charge in [0, 0.05) is 6.61 Å². The van der Waals surface area contributed by atoms with E-state index in [1.165, 1.54) is 11.8 Å².